The number of anilines is 2. The molecule has 11 heteroatoms. The van der Waals surface area contributed by atoms with Crippen LogP contribution in [0.4, 0.5) is 11.5 Å². The molecule has 1 aliphatic carbocycles. The molecule has 0 aliphatic heterocycles. The first-order chi connectivity index (χ1) is 18.8. The number of aromatic nitrogens is 2. The van der Waals surface area contributed by atoms with Crippen LogP contribution < -0.4 is 16.0 Å². The number of ether oxygens (including phenoxy) is 1. The second-order valence-corrected chi connectivity index (χ2v) is 9.69. The van der Waals surface area contributed by atoms with Crippen molar-refractivity contribution in [2.24, 2.45) is 5.92 Å². The highest BCUT2D eigenvalue weighted by Gasteiger charge is 2.29. The Morgan fingerprint density at radius 2 is 1.82 bits per heavy atom. The minimum absolute atomic E-state index is 0.105. The lowest BCUT2D eigenvalue weighted by atomic mass is 9.82. The number of carboxylic acid groups (broad SMARTS) is 1. The van der Waals surface area contributed by atoms with Crippen LogP contribution in [-0.2, 0) is 19.1 Å². The molecule has 1 saturated carbocycles. The number of carbonyl (C=O) groups excluding carboxylic acids is 3. The molecule has 4 rings (SSSR count). The second-order valence-electron chi connectivity index (χ2n) is 9.69. The topological polar surface area (TPSA) is 151 Å². The van der Waals surface area contributed by atoms with Crippen molar-refractivity contribution in [3.8, 4) is 11.3 Å². The average molecular weight is 536 g/mol. The number of fused-ring (bicyclic) bond motifs is 1. The van der Waals surface area contributed by atoms with Crippen LogP contribution in [0.5, 0.6) is 0 Å². The Labute approximate surface area is 225 Å². The Balaban J connectivity index is 1.71. The molecule has 0 saturated heterocycles. The summed E-state index contributed by atoms with van der Waals surface area (Å²) in [7, 11) is 1.29. The Morgan fingerprint density at radius 1 is 1.10 bits per heavy atom. The summed E-state index contributed by atoms with van der Waals surface area (Å²) in [6.45, 7) is 1.30. The predicted molar refractivity (Wildman–Crippen MR) is 146 cm³/mol. The SMILES string of the molecule is COC(=O)CNc1c(-c2ccc(NC(C)=O)cc2)nc2c(C(=O)NC(CC(=O)O)C3CCCCC3)cccn12. The third-order valence-corrected chi connectivity index (χ3v) is 6.93. The molecular formula is C28H33N5O6. The summed E-state index contributed by atoms with van der Waals surface area (Å²) in [5.41, 5.74) is 2.43. The normalized spacial score (nSPS) is 14.4. The molecule has 11 nitrogen and oxygen atoms in total. The number of carboxylic acids is 1. The quantitative estimate of drug-likeness (QED) is 0.287. The number of methoxy groups -OCH3 is 1. The summed E-state index contributed by atoms with van der Waals surface area (Å²) in [5, 5.41) is 18.2. The van der Waals surface area contributed by atoms with Crippen LogP contribution in [0.15, 0.2) is 42.6 Å². The van der Waals surface area contributed by atoms with Crippen LogP contribution in [0.2, 0.25) is 0 Å². The van der Waals surface area contributed by atoms with Crippen LogP contribution in [0.25, 0.3) is 16.9 Å². The molecule has 2 heterocycles. The highest BCUT2D eigenvalue weighted by molar-refractivity contribution is 6.01. The van der Waals surface area contributed by atoms with E-state index in [2.05, 4.69) is 16.0 Å². The third-order valence-electron chi connectivity index (χ3n) is 6.93. The molecule has 4 N–H and O–H groups in total. The minimum atomic E-state index is -0.954. The van der Waals surface area contributed by atoms with Gasteiger partial charge in [-0.3, -0.25) is 23.6 Å². The number of hydrogen-bond donors (Lipinski definition) is 4. The van der Waals surface area contributed by atoms with Crippen molar-refractivity contribution in [2.45, 2.75) is 51.5 Å². The number of imidazole rings is 1. The van der Waals surface area contributed by atoms with Crippen molar-refractivity contribution in [2.75, 3.05) is 24.3 Å². The number of rotatable bonds is 10. The summed E-state index contributed by atoms with van der Waals surface area (Å²) < 4.78 is 6.45. The Bertz CT molecular complexity index is 1360. The first kappa shape index (κ1) is 27.6. The molecule has 1 fully saturated rings. The fourth-order valence-corrected chi connectivity index (χ4v) is 5.06. The smallest absolute Gasteiger partial charge is 0.325 e. The van der Waals surface area contributed by atoms with E-state index in [9.17, 15) is 24.3 Å². The molecule has 39 heavy (non-hydrogen) atoms. The number of esters is 1. The van der Waals surface area contributed by atoms with Gasteiger partial charge in [0.1, 0.15) is 18.1 Å². The molecular weight excluding hydrogens is 502 g/mol. The van der Waals surface area contributed by atoms with Crippen molar-refractivity contribution >= 4 is 40.9 Å². The average Bonchev–Trinajstić information content (AvgIpc) is 3.30. The van der Waals surface area contributed by atoms with E-state index in [0.29, 0.717) is 28.4 Å². The van der Waals surface area contributed by atoms with Gasteiger partial charge in [-0.2, -0.15) is 0 Å². The zero-order valence-electron chi connectivity index (χ0n) is 22.0. The van der Waals surface area contributed by atoms with Gasteiger partial charge in [-0.1, -0.05) is 31.4 Å². The van der Waals surface area contributed by atoms with Crippen LogP contribution in [0.3, 0.4) is 0 Å². The molecule has 0 spiro atoms. The third kappa shape index (κ3) is 6.73. The van der Waals surface area contributed by atoms with Gasteiger partial charge in [-0.25, -0.2) is 4.98 Å². The van der Waals surface area contributed by atoms with E-state index in [4.69, 9.17) is 9.72 Å². The van der Waals surface area contributed by atoms with Gasteiger partial charge < -0.3 is 25.8 Å². The molecule has 1 unspecified atom stereocenters. The molecule has 1 aromatic carbocycles. The molecule has 0 radical (unpaired) electrons. The lowest BCUT2D eigenvalue weighted by molar-refractivity contribution is -0.139. The maximum atomic E-state index is 13.5. The highest BCUT2D eigenvalue weighted by atomic mass is 16.5. The van der Waals surface area contributed by atoms with Crippen molar-refractivity contribution in [1.29, 1.82) is 0 Å². The lowest BCUT2D eigenvalue weighted by Crippen LogP contribution is -2.42. The fourth-order valence-electron chi connectivity index (χ4n) is 5.06. The minimum Gasteiger partial charge on any atom is -0.481 e. The second kappa shape index (κ2) is 12.4. The van der Waals surface area contributed by atoms with Gasteiger partial charge in [0.2, 0.25) is 5.91 Å². The zero-order chi connectivity index (χ0) is 27.9. The summed E-state index contributed by atoms with van der Waals surface area (Å²) in [6.07, 6.45) is 6.50. The largest absolute Gasteiger partial charge is 0.481 e. The van der Waals surface area contributed by atoms with Crippen LogP contribution >= 0.6 is 0 Å². The summed E-state index contributed by atoms with van der Waals surface area (Å²) >= 11 is 0. The van der Waals surface area contributed by atoms with Gasteiger partial charge in [-0.05, 0) is 43.0 Å². The van der Waals surface area contributed by atoms with Crippen molar-refractivity contribution in [1.82, 2.24) is 14.7 Å². The first-order valence-corrected chi connectivity index (χ1v) is 13.0. The van der Waals surface area contributed by atoms with E-state index in [0.717, 1.165) is 32.1 Å². The number of hydrogen-bond acceptors (Lipinski definition) is 7. The number of amides is 2. The van der Waals surface area contributed by atoms with Gasteiger partial charge in [0.15, 0.2) is 5.65 Å². The maximum Gasteiger partial charge on any atom is 0.325 e. The number of nitrogens with zero attached hydrogens (tertiary/aromatic N) is 2. The molecule has 2 aromatic heterocycles. The van der Waals surface area contributed by atoms with E-state index in [1.54, 1.807) is 47.0 Å². The summed E-state index contributed by atoms with van der Waals surface area (Å²) in [6, 6.07) is 9.89. The van der Waals surface area contributed by atoms with E-state index in [1.807, 2.05) is 0 Å². The van der Waals surface area contributed by atoms with Gasteiger partial charge >= 0.3 is 11.9 Å². The predicted octanol–water partition coefficient (Wildman–Crippen LogP) is 3.70. The molecule has 0 bridgehead atoms. The standard InChI is InChI=1S/C28H33N5O6/c1-17(34)30-20-12-10-19(11-13-20)25-27(29-16-24(37)39-2)33-14-6-9-21(26(33)32-25)28(38)31-22(15-23(35)36)18-7-4-3-5-8-18/h6,9-14,18,22,29H,3-5,7-8,15-16H2,1-2H3,(H,30,34)(H,31,38)(H,35,36). The molecule has 1 aliphatic rings. The van der Waals surface area contributed by atoms with Crippen molar-refractivity contribution in [3.63, 3.8) is 0 Å². The van der Waals surface area contributed by atoms with Gasteiger partial charge in [0.05, 0.1) is 19.1 Å². The number of pyridine rings is 1. The van der Waals surface area contributed by atoms with Gasteiger partial charge in [0.25, 0.3) is 5.91 Å². The Kier molecular flexibility index (Phi) is 8.80. The monoisotopic (exact) mass is 535 g/mol. The summed E-state index contributed by atoms with van der Waals surface area (Å²) in [4.78, 5) is 53.2. The van der Waals surface area contributed by atoms with E-state index >= 15 is 0 Å². The molecule has 206 valence electrons. The molecule has 2 amide bonds. The number of nitrogens with one attached hydrogen (secondary N) is 3. The lowest BCUT2D eigenvalue weighted by Gasteiger charge is -2.30. The number of carbonyl (C=O) groups is 4. The zero-order valence-corrected chi connectivity index (χ0v) is 22.0. The maximum absolute atomic E-state index is 13.5. The fraction of sp³-hybridized carbons (Fsp3) is 0.393. The Hall–Kier alpha value is -4.41. The van der Waals surface area contributed by atoms with Crippen molar-refractivity contribution < 1.29 is 29.0 Å². The van der Waals surface area contributed by atoms with Crippen LogP contribution in [-0.4, -0.2) is 57.9 Å². The van der Waals surface area contributed by atoms with Crippen LogP contribution in [0, 0.1) is 5.92 Å². The molecule has 1 atom stereocenters. The number of benzene rings is 1. The summed E-state index contributed by atoms with van der Waals surface area (Å²) in [5.74, 6) is -1.45. The number of aliphatic carboxylic acids is 1. The first-order valence-electron chi connectivity index (χ1n) is 13.0. The van der Waals surface area contributed by atoms with Crippen molar-refractivity contribution in [3.05, 3.63) is 48.2 Å². The van der Waals surface area contributed by atoms with E-state index < -0.39 is 23.9 Å². The van der Waals surface area contributed by atoms with E-state index in [-0.39, 0.29) is 30.4 Å². The van der Waals surface area contributed by atoms with Gasteiger partial charge in [0, 0.05) is 30.4 Å². The van der Waals surface area contributed by atoms with Gasteiger partial charge in [-0.15, -0.1) is 0 Å². The molecule has 3 aromatic rings. The van der Waals surface area contributed by atoms with Crippen LogP contribution in [0.1, 0.15) is 55.8 Å². The highest BCUT2D eigenvalue weighted by Crippen LogP contribution is 2.32. The van der Waals surface area contributed by atoms with E-state index in [1.165, 1.54) is 14.0 Å². The Morgan fingerprint density at radius 3 is 2.46 bits per heavy atom.